The predicted octanol–water partition coefficient (Wildman–Crippen LogP) is 3.19. The Kier molecular flexibility index (Phi) is 6.72. The first-order valence-corrected chi connectivity index (χ1v) is 11.8. The minimum absolute atomic E-state index is 0.0789. The normalized spacial score (nSPS) is 20.8. The van der Waals surface area contributed by atoms with E-state index >= 15 is 0 Å². The molecule has 2 aliphatic rings. The van der Waals surface area contributed by atoms with Crippen LogP contribution in [0, 0.1) is 33.9 Å². The van der Waals surface area contributed by atoms with Crippen molar-refractivity contribution < 1.29 is 18.0 Å². The van der Waals surface area contributed by atoms with E-state index in [9.17, 15) is 28.5 Å². The van der Waals surface area contributed by atoms with Gasteiger partial charge in [-0.2, -0.15) is 10.5 Å². The SMILES string of the molecule is C[C@@H]1CN(c2ncnc3c2C(C)(C)CN3c2cc(C#N)ncc2F)[C@@H](C)CN1C(=O)C(C#N)(CF)CF. The summed E-state index contributed by atoms with van der Waals surface area (Å²) in [6.45, 7) is 5.60. The second kappa shape index (κ2) is 9.51. The third-order valence-electron chi connectivity index (χ3n) is 7.13. The summed E-state index contributed by atoms with van der Waals surface area (Å²) in [7, 11) is 0. The lowest BCUT2D eigenvalue weighted by Gasteiger charge is -2.46. The fourth-order valence-electron chi connectivity index (χ4n) is 5.08. The van der Waals surface area contributed by atoms with E-state index in [2.05, 4.69) is 15.0 Å². The van der Waals surface area contributed by atoms with Gasteiger partial charge in [0.1, 0.15) is 43.1 Å². The number of alkyl halides is 2. The van der Waals surface area contributed by atoms with Crippen LogP contribution in [-0.2, 0) is 10.2 Å². The molecule has 0 aromatic carbocycles. The van der Waals surface area contributed by atoms with Crippen molar-refractivity contribution in [3.8, 4) is 12.1 Å². The summed E-state index contributed by atoms with van der Waals surface area (Å²) in [5, 5.41) is 18.6. The number of hydrogen-bond acceptors (Lipinski definition) is 8. The monoisotopic (exact) mass is 512 g/mol. The van der Waals surface area contributed by atoms with Crippen molar-refractivity contribution >= 4 is 23.2 Å². The third-order valence-corrected chi connectivity index (χ3v) is 7.13. The number of rotatable bonds is 5. The predicted molar refractivity (Wildman–Crippen MR) is 129 cm³/mol. The highest BCUT2D eigenvalue weighted by Crippen LogP contribution is 2.47. The number of nitriles is 2. The molecule has 194 valence electrons. The Morgan fingerprint density at radius 1 is 1.14 bits per heavy atom. The quantitative estimate of drug-likeness (QED) is 0.600. The molecule has 2 aliphatic heterocycles. The molecule has 4 heterocycles. The standard InChI is InChI=1S/C25H27F3N8O/c1-15-9-35(23(37)25(10-26,11-27)12-30)16(2)8-34(15)21-20-22(33-14-32-21)36(13-24(20,3)4)19-5-17(6-29)31-7-18(19)28/h5,7,14-16H,8-11,13H2,1-4H3/t15-,16+/m0/s1. The van der Waals surface area contributed by atoms with Gasteiger partial charge in [0, 0.05) is 48.8 Å². The molecule has 12 heteroatoms. The number of pyridine rings is 1. The molecule has 0 radical (unpaired) electrons. The number of carbonyl (C=O) groups excluding carboxylic acids is 1. The van der Waals surface area contributed by atoms with Gasteiger partial charge in [-0.25, -0.2) is 28.1 Å². The van der Waals surface area contributed by atoms with Gasteiger partial charge in [0.05, 0.1) is 18.0 Å². The van der Waals surface area contributed by atoms with Crippen LogP contribution in [0.5, 0.6) is 0 Å². The van der Waals surface area contributed by atoms with Crippen molar-refractivity contribution in [3.05, 3.63) is 35.7 Å². The van der Waals surface area contributed by atoms with Crippen molar-refractivity contribution in [2.24, 2.45) is 5.41 Å². The first-order chi connectivity index (χ1) is 17.5. The van der Waals surface area contributed by atoms with E-state index in [1.165, 1.54) is 23.4 Å². The summed E-state index contributed by atoms with van der Waals surface area (Å²) in [5.41, 5.74) is -1.81. The Hall–Kier alpha value is -3.93. The molecule has 0 spiro atoms. The van der Waals surface area contributed by atoms with Gasteiger partial charge in [0.2, 0.25) is 5.91 Å². The molecule has 0 saturated carbocycles. The van der Waals surface area contributed by atoms with Gasteiger partial charge in [-0.05, 0) is 13.8 Å². The third kappa shape index (κ3) is 4.20. The van der Waals surface area contributed by atoms with Crippen LogP contribution in [0.15, 0.2) is 18.6 Å². The first-order valence-electron chi connectivity index (χ1n) is 11.8. The molecule has 1 amide bonds. The van der Waals surface area contributed by atoms with Crippen LogP contribution in [0.3, 0.4) is 0 Å². The second-order valence-electron chi connectivity index (χ2n) is 10.3. The highest BCUT2D eigenvalue weighted by molar-refractivity contribution is 5.86. The molecule has 0 bridgehead atoms. The molecular formula is C25H27F3N8O. The summed E-state index contributed by atoms with van der Waals surface area (Å²) in [6, 6.07) is 4.08. The molecule has 0 unspecified atom stereocenters. The minimum Gasteiger partial charge on any atom is -0.350 e. The van der Waals surface area contributed by atoms with E-state index in [0.717, 1.165) is 11.8 Å². The zero-order valence-corrected chi connectivity index (χ0v) is 21.0. The molecule has 4 rings (SSSR count). The van der Waals surface area contributed by atoms with E-state index in [-0.39, 0.29) is 24.0 Å². The largest absolute Gasteiger partial charge is 0.350 e. The Balaban J connectivity index is 1.71. The Bertz CT molecular complexity index is 1300. The number of aromatic nitrogens is 3. The number of nitrogens with zero attached hydrogens (tertiary/aromatic N) is 8. The van der Waals surface area contributed by atoms with Crippen LogP contribution in [-0.4, -0.2) is 70.8 Å². The van der Waals surface area contributed by atoms with Gasteiger partial charge < -0.3 is 14.7 Å². The van der Waals surface area contributed by atoms with E-state index in [1.54, 1.807) is 11.8 Å². The number of piperazine rings is 1. The number of fused-ring (bicyclic) bond motifs is 1. The molecule has 2 atom stereocenters. The average molecular weight is 513 g/mol. The maximum Gasteiger partial charge on any atom is 0.248 e. The Labute approximate surface area is 213 Å². The van der Waals surface area contributed by atoms with Gasteiger partial charge in [-0.1, -0.05) is 13.8 Å². The fourth-order valence-corrected chi connectivity index (χ4v) is 5.08. The van der Waals surface area contributed by atoms with Crippen LogP contribution in [0.4, 0.5) is 30.5 Å². The molecule has 1 fully saturated rings. The summed E-state index contributed by atoms with van der Waals surface area (Å²) in [5.74, 6) is -0.333. The van der Waals surface area contributed by atoms with Crippen LogP contribution < -0.4 is 9.80 Å². The average Bonchev–Trinajstić information content (AvgIpc) is 3.17. The van der Waals surface area contributed by atoms with Crippen LogP contribution in [0.25, 0.3) is 0 Å². The first kappa shape index (κ1) is 26.1. The molecule has 2 aromatic rings. The molecule has 0 N–H and O–H groups in total. The van der Waals surface area contributed by atoms with E-state index < -0.39 is 41.9 Å². The molecule has 2 aromatic heterocycles. The lowest BCUT2D eigenvalue weighted by atomic mass is 9.87. The van der Waals surface area contributed by atoms with Crippen molar-refractivity contribution in [2.75, 3.05) is 42.8 Å². The van der Waals surface area contributed by atoms with Gasteiger partial charge >= 0.3 is 0 Å². The molecular weight excluding hydrogens is 485 g/mol. The van der Waals surface area contributed by atoms with E-state index in [4.69, 9.17) is 0 Å². The lowest BCUT2D eigenvalue weighted by Crippen LogP contribution is -2.61. The zero-order chi connectivity index (χ0) is 27.1. The summed E-state index contributed by atoms with van der Waals surface area (Å²) in [4.78, 5) is 30.9. The summed E-state index contributed by atoms with van der Waals surface area (Å²) < 4.78 is 42.0. The maximum atomic E-state index is 14.8. The van der Waals surface area contributed by atoms with Crippen molar-refractivity contribution in [1.29, 1.82) is 10.5 Å². The van der Waals surface area contributed by atoms with Crippen molar-refractivity contribution in [2.45, 2.75) is 45.2 Å². The number of amides is 1. The van der Waals surface area contributed by atoms with E-state index in [0.29, 0.717) is 24.7 Å². The zero-order valence-electron chi connectivity index (χ0n) is 21.0. The number of hydrogen-bond donors (Lipinski definition) is 0. The summed E-state index contributed by atoms with van der Waals surface area (Å²) >= 11 is 0. The van der Waals surface area contributed by atoms with Gasteiger partial charge in [-0.3, -0.25) is 4.79 Å². The second-order valence-corrected chi connectivity index (χ2v) is 10.3. The maximum absolute atomic E-state index is 14.8. The van der Waals surface area contributed by atoms with Crippen molar-refractivity contribution in [1.82, 2.24) is 19.9 Å². The number of carbonyl (C=O) groups is 1. The molecule has 37 heavy (non-hydrogen) atoms. The molecule has 0 aliphatic carbocycles. The number of anilines is 3. The van der Waals surface area contributed by atoms with Crippen LogP contribution >= 0.6 is 0 Å². The van der Waals surface area contributed by atoms with E-state index in [1.807, 2.05) is 31.7 Å². The summed E-state index contributed by atoms with van der Waals surface area (Å²) in [6.07, 6.45) is 2.39. The van der Waals surface area contributed by atoms with Gasteiger partial charge in [-0.15, -0.1) is 0 Å². The highest BCUT2D eigenvalue weighted by Gasteiger charge is 2.48. The molecule has 9 nitrogen and oxygen atoms in total. The van der Waals surface area contributed by atoms with Crippen molar-refractivity contribution in [3.63, 3.8) is 0 Å². The number of halogens is 3. The Morgan fingerprint density at radius 2 is 1.81 bits per heavy atom. The lowest BCUT2D eigenvalue weighted by molar-refractivity contribution is -0.143. The fraction of sp³-hybridized carbons (Fsp3) is 0.520. The highest BCUT2D eigenvalue weighted by atomic mass is 19.1. The van der Waals surface area contributed by atoms with Crippen LogP contribution in [0.2, 0.25) is 0 Å². The van der Waals surface area contributed by atoms with Gasteiger partial charge in [0.15, 0.2) is 11.2 Å². The Morgan fingerprint density at radius 3 is 2.43 bits per heavy atom. The smallest absolute Gasteiger partial charge is 0.248 e. The molecule has 1 saturated heterocycles. The van der Waals surface area contributed by atoms with Crippen LogP contribution in [0.1, 0.15) is 39.0 Å². The van der Waals surface area contributed by atoms with Gasteiger partial charge in [0.25, 0.3) is 0 Å². The minimum atomic E-state index is -2.34. The topological polar surface area (TPSA) is 113 Å².